The molecule has 0 bridgehead atoms. The summed E-state index contributed by atoms with van der Waals surface area (Å²) < 4.78 is 40.6. The maximum atomic E-state index is 13.1. The Morgan fingerprint density at radius 1 is 1.16 bits per heavy atom. The van der Waals surface area contributed by atoms with Crippen molar-refractivity contribution in [1.82, 2.24) is 13.6 Å². The van der Waals surface area contributed by atoms with Gasteiger partial charge in [-0.1, -0.05) is 6.07 Å². The Bertz CT molecular complexity index is 838. The van der Waals surface area contributed by atoms with Crippen LogP contribution in [0, 0.1) is 5.82 Å². The summed E-state index contributed by atoms with van der Waals surface area (Å²) in [4.78, 5) is 4.70. The Hall–Kier alpha value is -1.83. The van der Waals surface area contributed by atoms with Gasteiger partial charge in [-0.2, -0.15) is 17.0 Å². The van der Waals surface area contributed by atoms with Crippen molar-refractivity contribution in [3.63, 3.8) is 0 Å². The quantitative estimate of drug-likeness (QED) is 0.839. The third-order valence-corrected chi connectivity index (χ3v) is 6.41. The van der Waals surface area contributed by atoms with Crippen LogP contribution in [0.5, 0.6) is 0 Å². The molecule has 1 saturated heterocycles. The molecule has 7 heteroatoms. The number of hydrogen-bond acceptors (Lipinski definition) is 3. The van der Waals surface area contributed by atoms with Crippen LogP contribution in [0.15, 0.2) is 42.5 Å². The Morgan fingerprint density at radius 2 is 1.88 bits per heavy atom. The maximum absolute atomic E-state index is 13.1. The summed E-state index contributed by atoms with van der Waals surface area (Å²) in [5.41, 5.74) is 2.49. The zero-order chi connectivity index (χ0) is 18.0. The summed E-state index contributed by atoms with van der Waals surface area (Å²) in [7, 11) is -0.315. The Kier molecular flexibility index (Phi) is 5.17. The number of aromatic nitrogens is 1. The molecule has 134 valence electrons. The van der Waals surface area contributed by atoms with Gasteiger partial charge in [0.1, 0.15) is 5.82 Å². The van der Waals surface area contributed by atoms with E-state index in [1.165, 1.54) is 20.7 Å². The van der Waals surface area contributed by atoms with Crippen LogP contribution in [-0.2, 0) is 10.2 Å². The van der Waals surface area contributed by atoms with Gasteiger partial charge < -0.3 is 0 Å². The van der Waals surface area contributed by atoms with Gasteiger partial charge in [0.15, 0.2) is 0 Å². The number of nitrogens with zero attached hydrogens (tertiary/aromatic N) is 3. The molecule has 5 nitrogen and oxygen atoms in total. The van der Waals surface area contributed by atoms with E-state index in [1.807, 2.05) is 18.2 Å². The van der Waals surface area contributed by atoms with Crippen molar-refractivity contribution in [3.05, 3.63) is 54.0 Å². The number of rotatable bonds is 4. The lowest BCUT2D eigenvalue weighted by Gasteiger charge is -2.33. The van der Waals surface area contributed by atoms with Crippen molar-refractivity contribution in [2.24, 2.45) is 0 Å². The normalized spacial score (nSPS) is 19.3. The molecule has 0 aliphatic carbocycles. The number of pyridine rings is 1. The van der Waals surface area contributed by atoms with Crippen molar-refractivity contribution < 1.29 is 12.8 Å². The van der Waals surface area contributed by atoms with E-state index in [0.717, 1.165) is 29.8 Å². The molecule has 1 aliphatic heterocycles. The van der Waals surface area contributed by atoms with Crippen molar-refractivity contribution in [3.8, 4) is 11.3 Å². The third kappa shape index (κ3) is 3.89. The Balaban J connectivity index is 1.84. The fraction of sp³-hybridized carbons (Fsp3) is 0.389. The second-order valence-electron chi connectivity index (χ2n) is 6.44. The van der Waals surface area contributed by atoms with Gasteiger partial charge in [-0.25, -0.2) is 4.39 Å². The van der Waals surface area contributed by atoms with E-state index >= 15 is 0 Å². The van der Waals surface area contributed by atoms with Crippen LogP contribution >= 0.6 is 0 Å². The van der Waals surface area contributed by atoms with Gasteiger partial charge in [-0.3, -0.25) is 4.98 Å². The summed E-state index contributed by atoms with van der Waals surface area (Å²) in [6.07, 6.45) is 1.71. The minimum atomic E-state index is -3.41. The molecule has 1 aromatic heterocycles. The monoisotopic (exact) mass is 363 g/mol. The Labute approximate surface area is 148 Å². The summed E-state index contributed by atoms with van der Waals surface area (Å²) in [6, 6.07) is 12.0. The summed E-state index contributed by atoms with van der Waals surface area (Å²) >= 11 is 0. The molecule has 3 rings (SSSR count). The number of piperidine rings is 1. The Morgan fingerprint density at radius 3 is 2.56 bits per heavy atom. The standard InChI is InChI=1S/C18H22FN3O2S/c1-21(2)25(23,24)22-12-4-5-15(13-22)18-7-3-6-17(20-18)14-8-10-16(19)11-9-14/h3,6-11,15H,4-5,12-13H2,1-2H3. The molecule has 0 saturated carbocycles. The maximum Gasteiger partial charge on any atom is 0.281 e. The average Bonchev–Trinajstić information content (AvgIpc) is 2.62. The van der Waals surface area contributed by atoms with Crippen LogP contribution in [0.4, 0.5) is 4.39 Å². The second kappa shape index (κ2) is 7.19. The van der Waals surface area contributed by atoms with Gasteiger partial charge in [0.2, 0.25) is 0 Å². The van der Waals surface area contributed by atoms with Crippen LogP contribution in [0.2, 0.25) is 0 Å². The highest BCUT2D eigenvalue weighted by atomic mass is 32.2. The predicted molar refractivity (Wildman–Crippen MR) is 95.8 cm³/mol. The highest BCUT2D eigenvalue weighted by Gasteiger charge is 2.31. The lowest BCUT2D eigenvalue weighted by Crippen LogP contribution is -2.45. The molecule has 1 fully saturated rings. The van der Waals surface area contributed by atoms with Gasteiger partial charge in [0, 0.05) is 44.4 Å². The zero-order valence-electron chi connectivity index (χ0n) is 14.4. The summed E-state index contributed by atoms with van der Waals surface area (Å²) in [5.74, 6) is -0.222. The topological polar surface area (TPSA) is 53.5 Å². The molecule has 0 amide bonds. The highest BCUT2D eigenvalue weighted by Crippen LogP contribution is 2.29. The van der Waals surface area contributed by atoms with E-state index in [0.29, 0.717) is 13.1 Å². The first-order valence-electron chi connectivity index (χ1n) is 8.28. The number of hydrogen-bond donors (Lipinski definition) is 0. The van der Waals surface area contributed by atoms with Crippen molar-refractivity contribution in [2.75, 3.05) is 27.2 Å². The molecule has 0 N–H and O–H groups in total. The zero-order valence-corrected chi connectivity index (χ0v) is 15.2. The fourth-order valence-corrected chi connectivity index (χ4v) is 4.27. The van der Waals surface area contributed by atoms with E-state index in [9.17, 15) is 12.8 Å². The molecule has 0 radical (unpaired) electrons. The molecule has 1 aromatic carbocycles. The smallest absolute Gasteiger partial charge is 0.252 e. The van der Waals surface area contributed by atoms with Crippen molar-refractivity contribution >= 4 is 10.2 Å². The first-order valence-corrected chi connectivity index (χ1v) is 9.68. The van der Waals surface area contributed by atoms with Crippen molar-refractivity contribution in [2.45, 2.75) is 18.8 Å². The number of halogens is 1. The van der Waals surface area contributed by atoms with Gasteiger partial charge in [0.25, 0.3) is 10.2 Å². The van der Waals surface area contributed by atoms with Gasteiger partial charge in [0.05, 0.1) is 5.69 Å². The molecule has 1 atom stereocenters. The SMILES string of the molecule is CN(C)S(=O)(=O)N1CCCC(c2cccc(-c3ccc(F)cc3)n2)C1. The average molecular weight is 363 g/mol. The van der Waals surface area contributed by atoms with E-state index in [4.69, 9.17) is 4.98 Å². The minimum absolute atomic E-state index is 0.0591. The summed E-state index contributed by atoms with van der Waals surface area (Å²) in [5, 5.41) is 0. The predicted octanol–water partition coefficient (Wildman–Crippen LogP) is 2.87. The molecule has 0 spiro atoms. The van der Waals surface area contributed by atoms with Gasteiger partial charge >= 0.3 is 0 Å². The van der Waals surface area contributed by atoms with Gasteiger partial charge in [-0.05, 0) is 49.2 Å². The van der Waals surface area contributed by atoms with Crippen molar-refractivity contribution in [1.29, 1.82) is 0 Å². The fourth-order valence-electron chi connectivity index (χ4n) is 3.08. The van der Waals surface area contributed by atoms with Crippen LogP contribution in [0.3, 0.4) is 0 Å². The number of benzene rings is 1. The highest BCUT2D eigenvalue weighted by molar-refractivity contribution is 7.86. The van der Waals surface area contributed by atoms with Crippen LogP contribution < -0.4 is 0 Å². The van der Waals surface area contributed by atoms with E-state index in [1.54, 1.807) is 26.2 Å². The molecule has 25 heavy (non-hydrogen) atoms. The van der Waals surface area contributed by atoms with Crippen LogP contribution in [0.25, 0.3) is 11.3 Å². The molecular formula is C18H22FN3O2S. The molecular weight excluding hydrogens is 341 g/mol. The van der Waals surface area contributed by atoms with E-state index in [2.05, 4.69) is 0 Å². The molecule has 1 unspecified atom stereocenters. The first-order chi connectivity index (χ1) is 11.9. The largest absolute Gasteiger partial charge is 0.281 e. The van der Waals surface area contributed by atoms with E-state index < -0.39 is 10.2 Å². The molecule has 1 aliphatic rings. The van der Waals surface area contributed by atoms with Crippen LogP contribution in [0.1, 0.15) is 24.5 Å². The van der Waals surface area contributed by atoms with E-state index in [-0.39, 0.29) is 11.7 Å². The first kappa shape index (κ1) is 18.0. The second-order valence-corrected chi connectivity index (χ2v) is 8.58. The third-order valence-electron chi connectivity index (χ3n) is 4.50. The minimum Gasteiger partial charge on any atom is -0.252 e. The lowest BCUT2D eigenvalue weighted by molar-refractivity contribution is 0.296. The summed E-state index contributed by atoms with van der Waals surface area (Å²) in [6.45, 7) is 0.967. The molecule has 2 heterocycles. The molecule has 2 aromatic rings. The van der Waals surface area contributed by atoms with Gasteiger partial charge in [-0.15, -0.1) is 0 Å². The van der Waals surface area contributed by atoms with Crippen LogP contribution in [-0.4, -0.2) is 49.2 Å². The lowest BCUT2D eigenvalue weighted by atomic mass is 9.95.